The zero-order chi connectivity index (χ0) is 21.7. The molecule has 0 unspecified atom stereocenters. The minimum absolute atomic E-state index is 0.00356. The highest BCUT2D eigenvalue weighted by Gasteiger charge is 2.34. The number of rotatable bonds is 8. The highest BCUT2D eigenvalue weighted by molar-refractivity contribution is 7.10. The quantitative estimate of drug-likeness (QED) is 0.596. The zero-order valence-electron chi connectivity index (χ0n) is 18.4. The number of thiophene rings is 1. The summed E-state index contributed by atoms with van der Waals surface area (Å²) < 4.78 is 5.14. The molecule has 1 aliphatic rings. The summed E-state index contributed by atoms with van der Waals surface area (Å²) in [6.45, 7) is 7.72. The maximum absolute atomic E-state index is 13.5. The third-order valence-corrected chi connectivity index (χ3v) is 6.58. The standard InChI is InChI=1S/C24H32N2O3S/c1-17(2)24(28)25(12-5-14-29-4)16-22(27)26-13-10-21-20(11-15-30-21)23(26)19-8-6-18(3)7-9-19/h6-9,11,15,17,23H,5,10,12-14,16H2,1-4H3/t23-/m1/s1. The molecule has 1 aromatic heterocycles. The van der Waals surface area contributed by atoms with Crippen LogP contribution in [0.15, 0.2) is 35.7 Å². The number of benzene rings is 1. The second-order valence-corrected chi connectivity index (χ2v) is 9.21. The van der Waals surface area contributed by atoms with Gasteiger partial charge in [-0.1, -0.05) is 43.7 Å². The molecule has 0 saturated carbocycles. The zero-order valence-corrected chi connectivity index (χ0v) is 19.2. The SMILES string of the molecule is COCCCN(CC(=O)N1CCc2sccc2[C@H]1c1ccc(C)cc1)C(=O)C(C)C. The molecule has 162 valence electrons. The molecule has 2 heterocycles. The summed E-state index contributed by atoms with van der Waals surface area (Å²) in [5.74, 6) is -0.124. The van der Waals surface area contributed by atoms with E-state index in [9.17, 15) is 9.59 Å². The van der Waals surface area contributed by atoms with Gasteiger partial charge in [-0.3, -0.25) is 9.59 Å². The van der Waals surface area contributed by atoms with E-state index in [1.807, 2.05) is 18.7 Å². The minimum Gasteiger partial charge on any atom is -0.385 e. The third kappa shape index (κ3) is 5.10. The lowest BCUT2D eigenvalue weighted by Crippen LogP contribution is -2.47. The summed E-state index contributed by atoms with van der Waals surface area (Å²) in [5, 5.41) is 2.11. The number of aryl methyl sites for hydroxylation is 1. The lowest BCUT2D eigenvalue weighted by atomic mass is 9.92. The van der Waals surface area contributed by atoms with E-state index in [2.05, 4.69) is 42.6 Å². The Balaban J connectivity index is 1.84. The van der Waals surface area contributed by atoms with Crippen LogP contribution in [-0.4, -0.2) is 55.0 Å². The van der Waals surface area contributed by atoms with Crippen molar-refractivity contribution in [3.05, 3.63) is 57.3 Å². The van der Waals surface area contributed by atoms with Gasteiger partial charge in [-0.25, -0.2) is 0 Å². The summed E-state index contributed by atoms with van der Waals surface area (Å²) >= 11 is 1.76. The van der Waals surface area contributed by atoms with Gasteiger partial charge >= 0.3 is 0 Å². The molecule has 6 heteroatoms. The van der Waals surface area contributed by atoms with Crippen molar-refractivity contribution in [3.63, 3.8) is 0 Å². The van der Waals surface area contributed by atoms with Gasteiger partial charge in [0.25, 0.3) is 0 Å². The number of hydrogen-bond acceptors (Lipinski definition) is 4. The molecule has 1 atom stereocenters. The number of methoxy groups -OCH3 is 1. The van der Waals surface area contributed by atoms with E-state index in [-0.39, 0.29) is 30.3 Å². The summed E-state index contributed by atoms with van der Waals surface area (Å²) in [7, 11) is 1.65. The maximum atomic E-state index is 13.5. The van der Waals surface area contributed by atoms with Gasteiger partial charge in [0.1, 0.15) is 0 Å². The Labute approximate surface area is 183 Å². The normalized spacial score (nSPS) is 15.9. The molecule has 5 nitrogen and oxygen atoms in total. The fraction of sp³-hybridized carbons (Fsp3) is 0.500. The van der Waals surface area contributed by atoms with Gasteiger partial charge in [-0.05, 0) is 42.3 Å². The van der Waals surface area contributed by atoms with Crippen molar-refractivity contribution in [1.82, 2.24) is 9.80 Å². The number of carbonyl (C=O) groups is 2. The first-order chi connectivity index (χ1) is 14.4. The number of nitrogens with zero attached hydrogens (tertiary/aromatic N) is 2. The van der Waals surface area contributed by atoms with Crippen molar-refractivity contribution in [2.45, 2.75) is 39.7 Å². The van der Waals surface area contributed by atoms with E-state index in [1.54, 1.807) is 23.3 Å². The van der Waals surface area contributed by atoms with Crippen LogP contribution >= 0.6 is 11.3 Å². The fourth-order valence-electron chi connectivity index (χ4n) is 3.98. The van der Waals surface area contributed by atoms with E-state index in [1.165, 1.54) is 16.0 Å². The van der Waals surface area contributed by atoms with Gasteiger partial charge in [-0.2, -0.15) is 0 Å². The van der Waals surface area contributed by atoms with Crippen molar-refractivity contribution >= 4 is 23.2 Å². The Morgan fingerprint density at radius 1 is 1.23 bits per heavy atom. The molecule has 0 spiro atoms. The summed E-state index contributed by atoms with van der Waals surface area (Å²) in [6.07, 6.45) is 1.58. The van der Waals surface area contributed by atoms with Crippen LogP contribution in [-0.2, 0) is 20.7 Å². The van der Waals surface area contributed by atoms with E-state index in [4.69, 9.17) is 4.74 Å². The minimum atomic E-state index is -0.141. The van der Waals surface area contributed by atoms with Crippen LogP contribution in [0.2, 0.25) is 0 Å². The maximum Gasteiger partial charge on any atom is 0.242 e. The predicted molar refractivity (Wildman–Crippen MR) is 121 cm³/mol. The van der Waals surface area contributed by atoms with Crippen molar-refractivity contribution in [1.29, 1.82) is 0 Å². The van der Waals surface area contributed by atoms with Crippen LogP contribution in [0.25, 0.3) is 0 Å². The van der Waals surface area contributed by atoms with Gasteiger partial charge in [0.05, 0.1) is 12.6 Å². The fourth-order valence-corrected chi connectivity index (χ4v) is 4.88. The second-order valence-electron chi connectivity index (χ2n) is 8.21. The van der Waals surface area contributed by atoms with E-state index < -0.39 is 0 Å². The third-order valence-electron chi connectivity index (χ3n) is 5.59. The van der Waals surface area contributed by atoms with Crippen LogP contribution in [0.3, 0.4) is 0 Å². The Morgan fingerprint density at radius 3 is 2.63 bits per heavy atom. The Hall–Kier alpha value is -2.18. The van der Waals surface area contributed by atoms with Crippen LogP contribution in [0.1, 0.15) is 47.9 Å². The largest absolute Gasteiger partial charge is 0.385 e. The van der Waals surface area contributed by atoms with Crippen LogP contribution in [0.5, 0.6) is 0 Å². The van der Waals surface area contributed by atoms with Gasteiger partial charge in [-0.15, -0.1) is 11.3 Å². The molecule has 2 aromatic rings. The molecule has 0 N–H and O–H groups in total. The molecular weight excluding hydrogens is 396 g/mol. The number of ether oxygens (including phenoxy) is 1. The Bertz CT molecular complexity index is 860. The molecule has 0 bridgehead atoms. The summed E-state index contributed by atoms with van der Waals surface area (Å²) in [5.41, 5.74) is 3.53. The van der Waals surface area contributed by atoms with Gasteiger partial charge in [0, 0.05) is 37.6 Å². The number of hydrogen-bond donors (Lipinski definition) is 0. The molecule has 0 radical (unpaired) electrons. The highest BCUT2D eigenvalue weighted by Crippen LogP contribution is 2.38. The molecule has 0 fully saturated rings. The average molecular weight is 429 g/mol. The predicted octanol–water partition coefficient (Wildman–Crippen LogP) is 4.05. The number of carbonyl (C=O) groups excluding carboxylic acids is 2. The molecule has 0 saturated heterocycles. The first-order valence-corrected chi connectivity index (χ1v) is 11.5. The van der Waals surface area contributed by atoms with E-state index >= 15 is 0 Å². The summed E-state index contributed by atoms with van der Waals surface area (Å²) in [6, 6.07) is 10.5. The van der Waals surface area contributed by atoms with E-state index in [0.717, 1.165) is 18.4 Å². The molecule has 30 heavy (non-hydrogen) atoms. The molecule has 1 aliphatic heterocycles. The Kier molecular flexibility index (Phi) is 7.67. The first kappa shape index (κ1) is 22.5. The lowest BCUT2D eigenvalue weighted by molar-refractivity contribution is -0.143. The van der Waals surface area contributed by atoms with Gasteiger partial charge in [0.2, 0.25) is 11.8 Å². The lowest BCUT2D eigenvalue weighted by Gasteiger charge is -2.38. The van der Waals surface area contributed by atoms with Crippen LogP contribution < -0.4 is 0 Å². The molecular formula is C24H32N2O3S. The average Bonchev–Trinajstić information content (AvgIpc) is 3.21. The van der Waals surface area contributed by atoms with Crippen LogP contribution in [0, 0.1) is 12.8 Å². The Morgan fingerprint density at radius 2 is 1.97 bits per heavy atom. The van der Waals surface area contributed by atoms with Crippen molar-refractivity contribution in [2.75, 3.05) is 33.4 Å². The molecule has 1 aromatic carbocycles. The molecule has 3 rings (SSSR count). The number of amides is 2. The van der Waals surface area contributed by atoms with Crippen molar-refractivity contribution in [2.24, 2.45) is 5.92 Å². The van der Waals surface area contributed by atoms with Crippen molar-refractivity contribution in [3.8, 4) is 0 Å². The van der Waals surface area contributed by atoms with Crippen molar-refractivity contribution < 1.29 is 14.3 Å². The van der Waals surface area contributed by atoms with E-state index in [0.29, 0.717) is 19.7 Å². The highest BCUT2D eigenvalue weighted by atomic mass is 32.1. The van der Waals surface area contributed by atoms with Gasteiger partial charge in [0.15, 0.2) is 0 Å². The number of fused-ring (bicyclic) bond motifs is 1. The monoisotopic (exact) mass is 428 g/mol. The topological polar surface area (TPSA) is 49.9 Å². The smallest absolute Gasteiger partial charge is 0.242 e. The van der Waals surface area contributed by atoms with Gasteiger partial charge < -0.3 is 14.5 Å². The molecule has 0 aliphatic carbocycles. The first-order valence-electron chi connectivity index (χ1n) is 10.6. The van der Waals surface area contributed by atoms with Crippen LogP contribution in [0.4, 0.5) is 0 Å². The molecule has 2 amide bonds. The summed E-state index contributed by atoms with van der Waals surface area (Å²) in [4.78, 5) is 31.2. The second kappa shape index (κ2) is 10.2.